The minimum Gasteiger partial charge on any atom is -0.489 e. The molecule has 0 saturated carbocycles. The van der Waals surface area contributed by atoms with E-state index in [1.165, 1.54) is 11.1 Å². The van der Waals surface area contributed by atoms with Gasteiger partial charge in [-0.15, -0.1) is 0 Å². The Bertz CT molecular complexity index is 1040. The van der Waals surface area contributed by atoms with E-state index in [9.17, 15) is 13.2 Å². The number of hydrogen-bond donors (Lipinski definition) is 2. The number of sulfonamides is 1. The zero-order chi connectivity index (χ0) is 19.3. The van der Waals surface area contributed by atoms with E-state index in [4.69, 9.17) is 4.74 Å². The average Bonchev–Trinajstić information content (AvgIpc) is 3.39. The standard InChI is InChI=1S/C19H21N3O4S2/c23-19(22-28(24,25)18-17-15(21-27-18)8-3-9-26-17)20-16-13-6-1-4-11(13)10-12-5-2-7-14(12)16/h10H,1-9H2,(H2,20,22,23). The summed E-state index contributed by atoms with van der Waals surface area (Å²) in [6, 6.07) is 1.54. The summed E-state index contributed by atoms with van der Waals surface area (Å²) >= 11 is 0.855. The van der Waals surface area contributed by atoms with Crippen molar-refractivity contribution in [2.75, 3.05) is 11.9 Å². The van der Waals surface area contributed by atoms with Crippen molar-refractivity contribution >= 4 is 33.3 Å². The second kappa shape index (κ2) is 6.73. The van der Waals surface area contributed by atoms with Gasteiger partial charge >= 0.3 is 6.03 Å². The van der Waals surface area contributed by atoms with Gasteiger partial charge < -0.3 is 10.1 Å². The lowest BCUT2D eigenvalue weighted by Gasteiger charge is -2.17. The Hall–Kier alpha value is -2.13. The van der Waals surface area contributed by atoms with Crippen LogP contribution in [0.2, 0.25) is 0 Å². The van der Waals surface area contributed by atoms with Crippen LogP contribution in [0.3, 0.4) is 0 Å². The summed E-state index contributed by atoms with van der Waals surface area (Å²) in [7, 11) is -4.04. The molecule has 2 aromatic rings. The number of aromatic nitrogens is 1. The first-order chi connectivity index (χ1) is 13.5. The first-order valence-electron chi connectivity index (χ1n) is 9.64. The van der Waals surface area contributed by atoms with Crippen molar-refractivity contribution < 1.29 is 17.9 Å². The van der Waals surface area contributed by atoms with Crippen LogP contribution in [-0.4, -0.2) is 25.4 Å². The van der Waals surface area contributed by atoms with Gasteiger partial charge in [0.2, 0.25) is 4.21 Å². The third-order valence-corrected chi connectivity index (χ3v) is 8.35. The number of carbonyl (C=O) groups is 1. The van der Waals surface area contributed by atoms with Crippen LogP contribution in [0.5, 0.6) is 5.75 Å². The number of nitrogens with zero attached hydrogens (tertiary/aromatic N) is 1. The number of anilines is 1. The van der Waals surface area contributed by atoms with Crippen LogP contribution in [0.15, 0.2) is 10.3 Å². The molecule has 0 atom stereocenters. The van der Waals surface area contributed by atoms with Crippen molar-refractivity contribution in [1.29, 1.82) is 0 Å². The van der Waals surface area contributed by atoms with Gasteiger partial charge in [-0.3, -0.25) is 0 Å². The Labute approximate surface area is 167 Å². The van der Waals surface area contributed by atoms with Gasteiger partial charge in [0, 0.05) is 5.69 Å². The second-order valence-corrected chi connectivity index (χ2v) is 10.1. The molecule has 9 heteroatoms. The molecule has 2 N–H and O–H groups in total. The fourth-order valence-corrected chi connectivity index (χ4v) is 6.52. The van der Waals surface area contributed by atoms with E-state index in [1.807, 2.05) is 0 Å². The number of urea groups is 1. The van der Waals surface area contributed by atoms with E-state index in [1.54, 1.807) is 0 Å². The minimum absolute atomic E-state index is 0.0270. The van der Waals surface area contributed by atoms with Crippen LogP contribution in [0.1, 0.15) is 47.2 Å². The predicted molar refractivity (Wildman–Crippen MR) is 106 cm³/mol. The smallest absolute Gasteiger partial charge is 0.333 e. The molecule has 7 nitrogen and oxygen atoms in total. The Morgan fingerprint density at radius 3 is 2.46 bits per heavy atom. The summed E-state index contributed by atoms with van der Waals surface area (Å²) in [4.78, 5) is 12.6. The highest BCUT2D eigenvalue weighted by atomic mass is 32.2. The lowest BCUT2D eigenvalue weighted by Crippen LogP contribution is -2.35. The molecule has 148 valence electrons. The lowest BCUT2D eigenvalue weighted by molar-refractivity contribution is 0.256. The quantitative estimate of drug-likeness (QED) is 0.797. The molecule has 0 spiro atoms. The minimum atomic E-state index is -4.04. The molecule has 0 radical (unpaired) electrons. The zero-order valence-corrected chi connectivity index (χ0v) is 17.0. The van der Waals surface area contributed by atoms with Crippen LogP contribution in [-0.2, 0) is 42.1 Å². The zero-order valence-electron chi connectivity index (χ0n) is 15.3. The van der Waals surface area contributed by atoms with Crippen LogP contribution in [0.4, 0.5) is 10.5 Å². The number of nitrogens with one attached hydrogen (secondary N) is 2. The maximum Gasteiger partial charge on any atom is 0.333 e. The first kappa shape index (κ1) is 17.9. The van der Waals surface area contributed by atoms with E-state index in [-0.39, 0.29) is 9.96 Å². The number of fused-ring (bicyclic) bond motifs is 3. The molecule has 0 saturated heterocycles. The van der Waals surface area contributed by atoms with Crippen LogP contribution in [0.25, 0.3) is 0 Å². The Balaban J connectivity index is 1.41. The van der Waals surface area contributed by atoms with Crippen molar-refractivity contribution in [2.24, 2.45) is 0 Å². The molecule has 28 heavy (non-hydrogen) atoms. The Morgan fingerprint density at radius 2 is 1.75 bits per heavy atom. The largest absolute Gasteiger partial charge is 0.489 e. The monoisotopic (exact) mass is 419 g/mol. The molecular formula is C19H21N3O4S2. The van der Waals surface area contributed by atoms with Crippen LogP contribution in [0, 0.1) is 0 Å². The molecule has 0 fully saturated rings. The van der Waals surface area contributed by atoms with Crippen molar-refractivity contribution in [2.45, 2.75) is 55.6 Å². The van der Waals surface area contributed by atoms with Gasteiger partial charge in [-0.1, -0.05) is 6.07 Å². The van der Waals surface area contributed by atoms with Crippen LogP contribution < -0.4 is 14.8 Å². The Kier molecular flexibility index (Phi) is 4.31. The SMILES string of the molecule is O=C(Nc1c2c(cc3c1CCC3)CCC2)NS(=O)(=O)c1snc2c1OCCC2. The fourth-order valence-electron chi connectivity index (χ4n) is 4.46. The number of ether oxygens (including phenoxy) is 1. The molecule has 5 rings (SSSR count). The normalized spacial score (nSPS) is 17.4. The maximum absolute atomic E-state index is 12.8. The highest BCUT2D eigenvalue weighted by Crippen LogP contribution is 2.39. The third-order valence-electron chi connectivity index (χ3n) is 5.67. The predicted octanol–water partition coefficient (Wildman–Crippen LogP) is 2.96. The Morgan fingerprint density at radius 1 is 1.04 bits per heavy atom. The van der Waals surface area contributed by atoms with Gasteiger partial charge in [0.25, 0.3) is 10.0 Å². The van der Waals surface area contributed by atoms with Gasteiger partial charge in [0.05, 0.1) is 12.3 Å². The summed E-state index contributed by atoms with van der Waals surface area (Å²) in [5.74, 6) is 0.290. The summed E-state index contributed by atoms with van der Waals surface area (Å²) in [6.45, 7) is 0.461. The van der Waals surface area contributed by atoms with E-state index in [0.29, 0.717) is 18.7 Å². The molecule has 0 unspecified atom stereocenters. The maximum atomic E-state index is 12.8. The van der Waals surface area contributed by atoms with Gasteiger partial charge in [-0.25, -0.2) is 17.9 Å². The molecule has 3 aliphatic rings. The lowest BCUT2D eigenvalue weighted by atomic mass is 9.99. The number of amides is 2. The van der Waals surface area contributed by atoms with Crippen molar-refractivity contribution in [1.82, 2.24) is 9.10 Å². The van der Waals surface area contributed by atoms with Gasteiger partial charge in [0.1, 0.15) is 0 Å². The van der Waals surface area contributed by atoms with E-state index < -0.39 is 16.1 Å². The number of hydrogen-bond acceptors (Lipinski definition) is 6. The molecular weight excluding hydrogens is 398 g/mol. The van der Waals surface area contributed by atoms with Gasteiger partial charge in [-0.05, 0) is 85.2 Å². The average molecular weight is 420 g/mol. The summed E-state index contributed by atoms with van der Waals surface area (Å²) in [5, 5.41) is 2.85. The highest BCUT2D eigenvalue weighted by molar-refractivity contribution is 7.92. The summed E-state index contributed by atoms with van der Waals surface area (Å²) < 4.78 is 37.3. The third kappa shape index (κ3) is 2.97. The topological polar surface area (TPSA) is 97.4 Å². The molecule has 1 aliphatic heterocycles. The summed E-state index contributed by atoms with van der Waals surface area (Å²) in [6.07, 6.45) is 7.50. The van der Waals surface area contributed by atoms with Crippen molar-refractivity contribution in [3.8, 4) is 5.75 Å². The fraction of sp³-hybridized carbons (Fsp3) is 0.474. The number of rotatable bonds is 3. The van der Waals surface area contributed by atoms with Gasteiger partial charge in [-0.2, -0.15) is 4.37 Å². The van der Waals surface area contributed by atoms with Gasteiger partial charge in [0.15, 0.2) is 5.75 Å². The molecule has 2 aliphatic carbocycles. The first-order valence-corrected chi connectivity index (χ1v) is 11.9. The number of benzene rings is 1. The molecule has 2 heterocycles. The van der Waals surface area contributed by atoms with Crippen LogP contribution >= 0.6 is 11.5 Å². The summed E-state index contributed by atoms with van der Waals surface area (Å²) in [5.41, 5.74) is 6.35. The van der Waals surface area contributed by atoms with E-state index >= 15 is 0 Å². The molecule has 2 amide bonds. The second-order valence-electron chi connectivity index (χ2n) is 7.49. The van der Waals surface area contributed by atoms with E-state index in [0.717, 1.165) is 73.3 Å². The number of aryl methyl sites for hydroxylation is 3. The number of carbonyl (C=O) groups excluding carboxylic acids is 1. The molecule has 1 aromatic carbocycles. The van der Waals surface area contributed by atoms with Crippen molar-refractivity contribution in [3.05, 3.63) is 34.0 Å². The molecule has 1 aromatic heterocycles. The van der Waals surface area contributed by atoms with Crippen molar-refractivity contribution in [3.63, 3.8) is 0 Å². The molecule has 0 bridgehead atoms. The van der Waals surface area contributed by atoms with E-state index in [2.05, 4.69) is 20.5 Å². The highest BCUT2D eigenvalue weighted by Gasteiger charge is 2.31.